The Morgan fingerprint density at radius 1 is 1.12 bits per heavy atom. The topological polar surface area (TPSA) is 52.1 Å². The highest BCUT2D eigenvalue weighted by Crippen LogP contribution is 2.19. The zero-order chi connectivity index (χ0) is 19.1. The minimum atomic E-state index is 0.469. The van der Waals surface area contributed by atoms with Gasteiger partial charge >= 0.3 is 0 Å². The zero-order valence-electron chi connectivity index (χ0n) is 17.8. The van der Waals surface area contributed by atoms with E-state index in [2.05, 4.69) is 62.0 Å². The molecule has 3 atom stereocenters. The molecule has 3 unspecified atom stereocenters. The Labute approximate surface area is 160 Å². The van der Waals surface area contributed by atoms with Gasteiger partial charge in [0.2, 0.25) is 0 Å². The van der Waals surface area contributed by atoms with E-state index < -0.39 is 0 Å². The third-order valence-electron chi connectivity index (χ3n) is 5.76. The van der Waals surface area contributed by atoms with Gasteiger partial charge in [-0.25, -0.2) is 0 Å². The fourth-order valence-electron chi connectivity index (χ4n) is 3.95. The molecule has 0 amide bonds. The second kappa shape index (κ2) is 10.5. The van der Waals surface area contributed by atoms with Crippen LogP contribution < -0.4 is 10.6 Å². The maximum atomic E-state index is 5.52. The zero-order valence-corrected chi connectivity index (χ0v) is 17.8. The summed E-state index contributed by atoms with van der Waals surface area (Å²) in [6.45, 7) is 21.4. The standard InChI is InChI=1S/C20H41N5O/c1-7-21-20(23-18-14-25(16(4)5)13-17(18)6)22-12-19(15(2)3)24-8-10-26-11-9-24/h15-19H,7-14H2,1-6H3,(H2,21,22,23). The number of nitrogens with zero attached hydrogens (tertiary/aromatic N) is 3. The Morgan fingerprint density at radius 2 is 1.81 bits per heavy atom. The van der Waals surface area contributed by atoms with Crippen LogP contribution in [0.5, 0.6) is 0 Å². The predicted octanol–water partition coefficient (Wildman–Crippen LogP) is 1.63. The molecule has 2 aliphatic rings. The van der Waals surface area contributed by atoms with Gasteiger partial charge in [-0.05, 0) is 32.6 Å². The Hall–Kier alpha value is -0.850. The molecule has 2 saturated heterocycles. The van der Waals surface area contributed by atoms with Crippen molar-refractivity contribution in [3.8, 4) is 0 Å². The molecular formula is C20H41N5O. The summed E-state index contributed by atoms with van der Waals surface area (Å²) in [5.74, 6) is 2.19. The van der Waals surface area contributed by atoms with Gasteiger partial charge in [-0.2, -0.15) is 0 Å². The van der Waals surface area contributed by atoms with Crippen molar-refractivity contribution in [2.75, 3.05) is 52.5 Å². The summed E-state index contributed by atoms with van der Waals surface area (Å²) in [5.41, 5.74) is 0. The van der Waals surface area contributed by atoms with Crippen molar-refractivity contribution >= 4 is 5.96 Å². The van der Waals surface area contributed by atoms with Crippen molar-refractivity contribution in [1.82, 2.24) is 20.4 Å². The van der Waals surface area contributed by atoms with E-state index >= 15 is 0 Å². The predicted molar refractivity (Wildman–Crippen MR) is 110 cm³/mol. The van der Waals surface area contributed by atoms with Gasteiger partial charge in [-0.15, -0.1) is 0 Å². The average molecular weight is 368 g/mol. The number of ether oxygens (including phenoxy) is 1. The summed E-state index contributed by atoms with van der Waals surface area (Å²) in [6, 6.07) is 1.55. The number of aliphatic imine (C=N–C) groups is 1. The van der Waals surface area contributed by atoms with Gasteiger partial charge in [0.1, 0.15) is 0 Å². The van der Waals surface area contributed by atoms with Crippen LogP contribution >= 0.6 is 0 Å². The molecule has 6 heteroatoms. The number of hydrogen-bond acceptors (Lipinski definition) is 4. The van der Waals surface area contributed by atoms with Gasteiger partial charge in [0, 0.05) is 50.8 Å². The van der Waals surface area contributed by atoms with Gasteiger partial charge < -0.3 is 15.4 Å². The number of nitrogens with one attached hydrogen (secondary N) is 2. The molecule has 0 aromatic rings. The second-order valence-electron chi connectivity index (χ2n) is 8.46. The van der Waals surface area contributed by atoms with Crippen LogP contribution in [0, 0.1) is 11.8 Å². The van der Waals surface area contributed by atoms with E-state index in [1.54, 1.807) is 0 Å². The third-order valence-corrected chi connectivity index (χ3v) is 5.76. The van der Waals surface area contributed by atoms with Gasteiger partial charge in [0.25, 0.3) is 0 Å². The van der Waals surface area contributed by atoms with Gasteiger partial charge in [0.15, 0.2) is 5.96 Å². The van der Waals surface area contributed by atoms with Crippen molar-refractivity contribution in [2.45, 2.75) is 59.7 Å². The Kier molecular flexibility index (Phi) is 8.64. The minimum absolute atomic E-state index is 0.469. The first-order valence-electron chi connectivity index (χ1n) is 10.5. The lowest BCUT2D eigenvalue weighted by atomic mass is 10.0. The van der Waals surface area contributed by atoms with Crippen molar-refractivity contribution < 1.29 is 4.74 Å². The molecule has 6 nitrogen and oxygen atoms in total. The summed E-state index contributed by atoms with van der Waals surface area (Å²) in [6.07, 6.45) is 0. The van der Waals surface area contributed by atoms with Gasteiger partial charge in [-0.3, -0.25) is 14.8 Å². The molecule has 2 rings (SSSR count). The number of likely N-dealkylation sites (tertiary alicyclic amines) is 1. The SMILES string of the molecule is CCNC(=NCC(C(C)C)N1CCOCC1)NC1CN(C(C)C)CC1C. The van der Waals surface area contributed by atoms with E-state index in [-0.39, 0.29) is 0 Å². The number of rotatable bonds is 7. The van der Waals surface area contributed by atoms with E-state index in [4.69, 9.17) is 9.73 Å². The normalized spacial score (nSPS) is 27.3. The molecule has 2 fully saturated rings. The third kappa shape index (κ3) is 6.10. The highest BCUT2D eigenvalue weighted by molar-refractivity contribution is 5.80. The van der Waals surface area contributed by atoms with Crippen molar-refractivity contribution in [2.24, 2.45) is 16.8 Å². The minimum Gasteiger partial charge on any atom is -0.379 e. The second-order valence-corrected chi connectivity index (χ2v) is 8.46. The van der Waals surface area contributed by atoms with Crippen LogP contribution in [0.15, 0.2) is 4.99 Å². The largest absolute Gasteiger partial charge is 0.379 e. The average Bonchev–Trinajstić information content (AvgIpc) is 2.97. The summed E-state index contributed by atoms with van der Waals surface area (Å²) in [7, 11) is 0. The molecule has 0 aliphatic carbocycles. The van der Waals surface area contributed by atoms with Crippen LogP contribution in [0.3, 0.4) is 0 Å². The first-order valence-corrected chi connectivity index (χ1v) is 10.5. The highest BCUT2D eigenvalue weighted by atomic mass is 16.5. The highest BCUT2D eigenvalue weighted by Gasteiger charge is 2.31. The van der Waals surface area contributed by atoms with E-state index in [0.29, 0.717) is 30.0 Å². The molecular weight excluding hydrogens is 326 g/mol. The summed E-state index contributed by atoms with van der Waals surface area (Å²) in [4.78, 5) is 10.1. The van der Waals surface area contributed by atoms with Gasteiger partial charge in [-0.1, -0.05) is 20.8 Å². The maximum absolute atomic E-state index is 5.52. The molecule has 152 valence electrons. The summed E-state index contributed by atoms with van der Waals surface area (Å²) < 4.78 is 5.52. The van der Waals surface area contributed by atoms with E-state index in [9.17, 15) is 0 Å². The van der Waals surface area contributed by atoms with Crippen LogP contribution in [0.25, 0.3) is 0 Å². The van der Waals surface area contributed by atoms with Crippen LogP contribution in [-0.4, -0.2) is 86.4 Å². The molecule has 2 heterocycles. The molecule has 0 spiro atoms. The van der Waals surface area contributed by atoms with E-state index in [0.717, 1.165) is 58.4 Å². The van der Waals surface area contributed by atoms with Crippen LogP contribution in [0.2, 0.25) is 0 Å². The number of hydrogen-bond donors (Lipinski definition) is 2. The molecule has 2 N–H and O–H groups in total. The van der Waals surface area contributed by atoms with Crippen molar-refractivity contribution in [1.29, 1.82) is 0 Å². The van der Waals surface area contributed by atoms with Gasteiger partial charge in [0.05, 0.1) is 19.8 Å². The Balaban J connectivity index is 1.98. The van der Waals surface area contributed by atoms with Crippen LogP contribution in [0.1, 0.15) is 41.5 Å². The molecule has 2 aliphatic heterocycles. The number of morpholine rings is 1. The molecule has 0 radical (unpaired) electrons. The lowest BCUT2D eigenvalue weighted by Gasteiger charge is -2.36. The molecule has 0 aromatic carbocycles. The number of guanidine groups is 1. The van der Waals surface area contributed by atoms with E-state index in [1.165, 1.54) is 0 Å². The first kappa shape index (κ1) is 21.5. The molecule has 0 bridgehead atoms. The fraction of sp³-hybridized carbons (Fsp3) is 0.950. The monoisotopic (exact) mass is 367 g/mol. The lowest BCUT2D eigenvalue weighted by Crippen LogP contribution is -2.49. The molecule has 0 saturated carbocycles. The lowest BCUT2D eigenvalue weighted by molar-refractivity contribution is 0.00867. The van der Waals surface area contributed by atoms with Crippen LogP contribution in [0.4, 0.5) is 0 Å². The summed E-state index contributed by atoms with van der Waals surface area (Å²) in [5, 5.41) is 7.15. The van der Waals surface area contributed by atoms with E-state index in [1.807, 2.05) is 0 Å². The Morgan fingerprint density at radius 3 is 2.35 bits per heavy atom. The first-order chi connectivity index (χ1) is 12.4. The smallest absolute Gasteiger partial charge is 0.191 e. The summed E-state index contributed by atoms with van der Waals surface area (Å²) >= 11 is 0. The molecule has 26 heavy (non-hydrogen) atoms. The van der Waals surface area contributed by atoms with Crippen molar-refractivity contribution in [3.63, 3.8) is 0 Å². The van der Waals surface area contributed by atoms with Crippen molar-refractivity contribution in [3.05, 3.63) is 0 Å². The fourth-order valence-corrected chi connectivity index (χ4v) is 3.95. The maximum Gasteiger partial charge on any atom is 0.191 e. The Bertz CT molecular complexity index is 434. The van der Waals surface area contributed by atoms with Crippen LogP contribution in [-0.2, 0) is 4.74 Å². The molecule has 0 aromatic heterocycles. The quantitative estimate of drug-likeness (QED) is 0.529.